The maximum atomic E-state index is 14.7. The average molecular weight is 805 g/mol. The molecule has 10 N–H and O–H groups in total. The van der Waals surface area contributed by atoms with E-state index < -0.39 is 78.7 Å². The summed E-state index contributed by atoms with van der Waals surface area (Å²) < 4.78 is 44.0. The molecule has 8 atom stereocenters. The molecule has 0 heterocycles. The van der Waals surface area contributed by atoms with E-state index >= 15 is 0 Å². The largest absolute Gasteiger partial charge is 0.475 e. The highest BCUT2D eigenvalue weighted by Gasteiger charge is 2.62. The van der Waals surface area contributed by atoms with Crippen LogP contribution in [0.2, 0.25) is 0 Å². The quantitative estimate of drug-likeness (QED) is 0.0632. The van der Waals surface area contributed by atoms with E-state index in [1.165, 1.54) is 38.5 Å². The van der Waals surface area contributed by atoms with Crippen molar-refractivity contribution in [3.8, 4) is 11.1 Å². The monoisotopic (exact) mass is 804 g/mol. The summed E-state index contributed by atoms with van der Waals surface area (Å²) >= 11 is 0. The van der Waals surface area contributed by atoms with Gasteiger partial charge in [0.25, 0.3) is 0 Å². The Morgan fingerprint density at radius 3 is 1.95 bits per heavy atom. The van der Waals surface area contributed by atoms with Crippen LogP contribution in [0.25, 0.3) is 11.1 Å². The van der Waals surface area contributed by atoms with E-state index in [1.54, 1.807) is 12.1 Å². The molecule has 4 amide bonds. The lowest BCUT2D eigenvalue weighted by Crippen LogP contribution is -2.61. The number of benzene rings is 2. The number of rotatable bonds is 22. The van der Waals surface area contributed by atoms with E-state index in [0.717, 1.165) is 30.4 Å². The Bertz CT molecular complexity index is 1630. The molecule has 17 heteroatoms. The molecule has 0 radical (unpaired) electrons. The van der Waals surface area contributed by atoms with Gasteiger partial charge in [0.2, 0.25) is 23.6 Å². The summed E-state index contributed by atoms with van der Waals surface area (Å²) in [5, 5.41) is 41.8. The van der Waals surface area contributed by atoms with Crippen LogP contribution in [0.5, 0.6) is 0 Å². The Morgan fingerprint density at radius 1 is 0.860 bits per heavy atom. The van der Waals surface area contributed by atoms with Crippen LogP contribution in [0.3, 0.4) is 0 Å². The van der Waals surface area contributed by atoms with Crippen LogP contribution in [0, 0.1) is 11.8 Å². The number of aliphatic hydroxyl groups is 1. The van der Waals surface area contributed by atoms with E-state index in [2.05, 4.69) is 33.5 Å². The molecule has 0 bridgehead atoms. The van der Waals surface area contributed by atoms with Crippen LogP contribution in [0.15, 0.2) is 48.5 Å². The number of aryl methyl sites for hydroxylation is 1. The predicted octanol–water partition coefficient (Wildman–Crippen LogP) is 2.80. The van der Waals surface area contributed by atoms with Crippen LogP contribution in [0.4, 0.5) is 13.2 Å². The van der Waals surface area contributed by atoms with Crippen LogP contribution in [0.1, 0.15) is 97.2 Å². The number of carbonyl (C=O) groups is 4. The molecular weight excluding hydrogens is 744 g/mol. The molecule has 2 aromatic carbocycles. The summed E-state index contributed by atoms with van der Waals surface area (Å²) in [5.74, 6) is -4.72. The van der Waals surface area contributed by atoms with Gasteiger partial charge >= 0.3 is 13.3 Å². The standard InChI is InChI=1S/C40H60BF3N6O7/c1-7-8-11-27-13-15-28(16-14-27)29-17-19-30(20-18-29)34(40(42,43)44)48-32(12-9-10-21-45)36(53)49-33(25(5)51)37(54)46-24(4)35(52)50-39(22-31(39)23(2)3)38(55)47-26(6)41(56)57/h13-20,23-26,31-34,48,51,56-57H,7-12,21-22,45H2,1-6H3,(H,46,54)(H,47,55)(H,49,53)(H,50,52)/t24-,25+,26-,31-,32-,33-,34?,39?/m0/s1. The molecule has 1 aliphatic carbocycles. The highest BCUT2D eigenvalue weighted by atomic mass is 19.4. The molecule has 1 saturated carbocycles. The fraction of sp³-hybridized carbons (Fsp3) is 0.600. The number of amides is 4. The first-order valence-corrected chi connectivity index (χ1v) is 19.8. The number of nitrogens with one attached hydrogen (secondary N) is 5. The van der Waals surface area contributed by atoms with Gasteiger partial charge in [-0.25, -0.2) is 0 Å². The number of halogens is 3. The van der Waals surface area contributed by atoms with Gasteiger partial charge in [0.1, 0.15) is 23.7 Å². The second-order valence-corrected chi connectivity index (χ2v) is 15.5. The molecule has 0 spiro atoms. The minimum atomic E-state index is -4.82. The third-order valence-electron chi connectivity index (χ3n) is 10.5. The van der Waals surface area contributed by atoms with E-state index in [0.29, 0.717) is 6.42 Å². The Morgan fingerprint density at radius 2 is 1.46 bits per heavy atom. The van der Waals surface area contributed by atoms with Crippen molar-refractivity contribution in [3.05, 3.63) is 59.7 Å². The smallest absolute Gasteiger partial charge is 0.426 e. The number of alkyl halides is 3. The van der Waals surface area contributed by atoms with Crippen molar-refractivity contribution >= 4 is 30.7 Å². The fourth-order valence-electron chi connectivity index (χ4n) is 6.80. The van der Waals surface area contributed by atoms with Crippen molar-refractivity contribution in [1.82, 2.24) is 26.6 Å². The van der Waals surface area contributed by atoms with E-state index in [1.807, 2.05) is 38.1 Å². The van der Waals surface area contributed by atoms with Crippen molar-refractivity contribution in [2.45, 2.75) is 134 Å². The maximum Gasteiger partial charge on any atom is 0.475 e. The molecule has 3 rings (SSSR count). The Labute approximate surface area is 333 Å². The van der Waals surface area contributed by atoms with Crippen molar-refractivity contribution in [2.75, 3.05) is 6.54 Å². The van der Waals surface area contributed by atoms with Crippen LogP contribution in [-0.2, 0) is 25.6 Å². The molecular formula is C40H60BF3N6O7. The van der Waals surface area contributed by atoms with E-state index in [4.69, 9.17) is 5.73 Å². The number of hydrogen-bond acceptors (Lipinski definition) is 9. The Kier molecular flexibility index (Phi) is 17.5. The first kappa shape index (κ1) is 47.4. The lowest BCUT2D eigenvalue weighted by Gasteiger charge is -2.30. The van der Waals surface area contributed by atoms with Crippen molar-refractivity contribution in [2.24, 2.45) is 17.6 Å². The van der Waals surface area contributed by atoms with Crippen molar-refractivity contribution in [3.63, 3.8) is 0 Å². The lowest BCUT2D eigenvalue weighted by molar-refractivity contribution is -0.161. The summed E-state index contributed by atoms with van der Waals surface area (Å²) in [6.45, 7) is 9.98. The zero-order valence-electron chi connectivity index (χ0n) is 33.7. The van der Waals surface area contributed by atoms with Gasteiger partial charge in [-0.15, -0.1) is 0 Å². The SMILES string of the molecule is CCCCc1ccc(-c2ccc(C(N[C@@H](CCCCN)C(=O)N[C@H](C(=O)N[C@@H](C)C(=O)NC3(C(=O)N[C@@H](C)B(O)O)C[C@H]3C(C)C)[C@@H](C)O)C(F)(F)F)cc2)cc1. The summed E-state index contributed by atoms with van der Waals surface area (Å²) in [5.41, 5.74) is 6.87. The summed E-state index contributed by atoms with van der Waals surface area (Å²) in [6, 6.07) is 7.07. The number of aliphatic hydroxyl groups excluding tert-OH is 1. The molecule has 1 fully saturated rings. The molecule has 13 nitrogen and oxygen atoms in total. The van der Waals surface area contributed by atoms with Gasteiger partial charge in [-0.3, -0.25) is 24.5 Å². The molecule has 2 aromatic rings. The molecule has 0 aromatic heterocycles. The third kappa shape index (κ3) is 13.3. The fourth-order valence-corrected chi connectivity index (χ4v) is 6.80. The molecule has 316 valence electrons. The van der Waals surface area contributed by atoms with Gasteiger partial charge in [-0.2, -0.15) is 13.2 Å². The lowest BCUT2D eigenvalue weighted by atomic mass is 9.81. The topological polar surface area (TPSA) is 215 Å². The molecule has 0 aliphatic heterocycles. The minimum absolute atomic E-state index is 0.0362. The first-order chi connectivity index (χ1) is 26.7. The van der Waals surface area contributed by atoms with Gasteiger partial charge in [-0.05, 0) is 93.5 Å². The third-order valence-corrected chi connectivity index (χ3v) is 10.5. The van der Waals surface area contributed by atoms with Gasteiger partial charge in [0.05, 0.1) is 18.1 Å². The Balaban J connectivity index is 1.76. The van der Waals surface area contributed by atoms with Gasteiger partial charge < -0.3 is 42.2 Å². The van der Waals surface area contributed by atoms with Gasteiger partial charge in [0, 0.05) is 0 Å². The van der Waals surface area contributed by atoms with Crippen molar-refractivity contribution < 1.29 is 47.5 Å². The number of nitrogens with two attached hydrogens (primary N) is 1. The zero-order valence-corrected chi connectivity index (χ0v) is 33.7. The normalized spacial score (nSPS) is 19.7. The second-order valence-electron chi connectivity index (χ2n) is 15.5. The van der Waals surface area contributed by atoms with Crippen LogP contribution in [-0.4, -0.2) is 94.3 Å². The van der Waals surface area contributed by atoms with E-state index in [-0.39, 0.29) is 43.2 Å². The summed E-state index contributed by atoms with van der Waals surface area (Å²) in [7, 11) is -1.84. The maximum absolute atomic E-state index is 14.7. The number of hydrogen-bond donors (Lipinski definition) is 9. The van der Waals surface area contributed by atoms with Crippen LogP contribution < -0.4 is 32.3 Å². The zero-order chi connectivity index (χ0) is 42.7. The second kappa shape index (κ2) is 21.1. The molecule has 1 aliphatic rings. The Hall–Kier alpha value is -4.03. The average Bonchev–Trinajstić information content (AvgIpc) is 3.89. The highest BCUT2D eigenvalue weighted by Crippen LogP contribution is 2.48. The predicted molar refractivity (Wildman–Crippen MR) is 212 cm³/mol. The van der Waals surface area contributed by atoms with E-state index in [9.17, 15) is 47.5 Å². The van der Waals surface area contributed by atoms with Gasteiger partial charge in [0.15, 0.2) is 0 Å². The van der Waals surface area contributed by atoms with Gasteiger partial charge in [-0.1, -0.05) is 82.1 Å². The highest BCUT2D eigenvalue weighted by molar-refractivity contribution is 6.43. The van der Waals surface area contributed by atoms with Crippen LogP contribution >= 0.6 is 0 Å². The molecule has 2 unspecified atom stereocenters. The number of carbonyl (C=O) groups excluding carboxylic acids is 4. The van der Waals surface area contributed by atoms with Crippen molar-refractivity contribution in [1.29, 1.82) is 0 Å². The first-order valence-electron chi connectivity index (χ1n) is 19.8. The number of unbranched alkanes of at least 4 members (excludes halogenated alkanes) is 2. The minimum Gasteiger partial charge on any atom is -0.426 e. The summed E-state index contributed by atoms with van der Waals surface area (Å²) in [6.07, 6.45) is -2.41. The summed E-state index contributed by atoms with van der Waals surface area (Å²) in [4.78, 5) is 53.6. The molecule has 0 saturated heterocycles. The molecule has 57 heavy (non-hydrogen) atoms.